The minimum Gasteiger partial charge on any atom is -0.468 e. The van der Waals surface area contributed by atoms with E-state index in [4.69, 9.17) is 11.0 Å². The maximum absolute atomic E-state index is 14.5. The zero-order valence-electron chi connectivity index (χ0n) is 13.3. The second kappa shape index (κ2) is 6.34. The van der Waals surface area contributed by atoms with Crippen LogP contribution in [-0.4, -0.2) is 24.1 Å². The zero-order valence-corrected chi connectivity index (χ0v) is 13.3. The molecule has 0 radical (unpaired) electrons. The molecule has 1 atom stereocenters. The molecule has 0 bridgehead atoms. The van der Waals surface area contributed by atoms with Crippen LogP contribution in [0, 0.1) is 17.1 Å². The van der Waals surface area contributed by atoms with Crippen LogP contribution in [0.1, 0.15) is 11.1 Å². The largest absolute Gasteiger partial charge is 0.468 e. The summed E-state index contributed by atoms with van der Waals surface area (Å²) in [7, 11) is 1.20. The average Bonchev–Trinajstić information content (AvgIpc) is 2.61. The number of ether oxygens (including phenoxy) is 1. The molecule has 1 aromatic heterocycles. The minimum absolute atomic E-state index is 0.0840. The molecule has 7 heteroatoms. The van der Waals surface area contributed by atoms with Crippen molar-refractivity contribution >= 4 is 27.6 Å². The molecule has 1 unspecified atom stereocenters. The van der Waals surface area contributed by atoms with E-state index in [2.05, 4.69) is 9.72 Å². The van der Waals surface area contributed by atoms with Crippen molar-refractivity contribution in [2.45, 2.75) is 12.5 Å². The Morgan fingerprint density at radius 1 is 1.32 bits per heavy atom. The number of H-pyrrole nitrogens is 1. The third-order valence-electron chi connectivity index (χ3n) is 4.06. The number of fused-ring (bicyclic) bond motifs is 3. The van der Waals surface area contributed by atoms with Gasteiger partial charge in [0.1, 0.15) is 11.9 Å². The van der Waals surface area contributed by atoms with Gasteiger partial charge in [-0.2, -0.15) is 5.26 Å². The number of pyridine rings is 1. The molecule has 0 saturated carbocycles. The fourth-order valence-electron chi connectivity index (χ4n) is 2.80. The first-order valence-corrected chi connectivity index (χ1v) is 7.46. The van der Waals surface area contributed by atoms with E-state index in [-0.39, 0.29) is 17.4 Å². The summed E-state index contributed by atoms with van der Waals surface area (Å²) in [6.45, 7) is 0. The maximum Gasteiger partial charge on any atom is 0.322 e. The summed E-state index contributed by atoms with van der Waals surface area (Å²) < 4.78 is 19.0. The fourth-order valence-corrected chi connectivity index (χ4v) is 2.80. The van der Waals surface area contributed by atoms with Crippen LogP contribution < -0.4 is 11.3 Å². The topological polar surface area (TPSA) is 109 Å². The molecule has 0 aliphatic rings. The number of benzene rings is 2. The molecule has 6 nitrogen and oxygen atoms in total. The molecule has 0 fully saturated rings. The van der Waals surface area contributed by atoms with Gasteiger partial charge in [-0.25, -0.2) is 4.39 Å². The zero-order chi connectivity index (χ0) is 18.1. The Balaban J connectivity index is 2.20. The van der Waals surface area contributed by atoms with Gasteiger partial charge in [0.2, 0.25) is 0 Å². The van der Waals surface area contributed by atoms with E-state index in [0.717, 1.165) is 0 Å². The van der Waals surface area contributed by atoms with E-state index in [1.54, 1.807) is 12.1 Å². The number of hydrogen-bond acceptors (Lipinski definition) is 5. The number of esters is 1. The fraction of sp³-hybridized carbons (Fsp3) is 0.167. The van der Waals surface area contributed by atoms with Gasteiger partial charge in [-0.05, 0) is 35.2 Å². The first-order chi connectivity index (χ1) is 11.9. The van der Waals surface area contributed by atoms with Gasteiger partial charge in [0.15, 0.2) is 0 Å². The predicted octanol–water partition coefficient (Wildman–Crippen LogP) is 1.73. The summed E-state index contributed by atoms with van der Waals surface area (Å²) in [5.41, 5.74) is 6.27. The van der Waals surface area contributed by atoms with Crippen LogP contribution in [0.2, 0.25) is 0 Å². The Morgan fingerprint density at radius 2 is 2.08 bits per heavy atom. The third-order valence-corrected chi connectivity index (χ3v) is 4.06. The monoisotopic (exact) mass is 339 g/mol. The number of halogens is 1. The Labute approximate surface area is 141 Å². The lowest BCUT2D eigenvalue weighted by molar-refractivity contribution is -0.142. The second-order valence-electron chi connectivity index (χ2n) is 5.65. The number of nitrogens with zero attached hydrogens (tertiary/aromatic N) is 1. The predicted molar refractivity (Wildman–Crippen MR) is 90.4 cm³/mol. The number of methoxy groups -OCH3 is 1. The molecule has 3 aromatic rings. The molecule has 3 rings (SSSR count). The van der Waals surface area contributed by atoms with Gasteiger partial charge in [0.05, 0.1) is 24.3 Å². The SMILES string of the molecule is COC(=O)C(N)Cc1cc2c(=O)[nH]c3cc(C#N)ccc3c2cc1F. The quantitative estimate of drug-likeness (QED) is 0.558. The van der Waals surface area contributed by atoms with Crippen LogP contribution in [0.15, 0.2) is 35.1 Å². The van der Waals surface area contributed by atoms with Crippen LogP contribution in [0.5, 0.6) is 0 Å². The van der Waals surface area contributed by atoms with Gasteiger partial charge in [-0.1, -0.05) is 6.07 Å². The first-order valence-electron chi connectivity index (χ1n) is 7.46. The van der Waals surface area contributed by atoms with Gasteiger partial charge < -0.3 is 15.5 Å². The van der Waals surface area contributed by atoms with Gasteiger partial charge in [0.25, 0.3) is 5.56 Å². The van der Waals surface area contributed by atoms with Crippen molar-refractivity contribution in [3.8, 4) is 6.07 Å². The number of aromatic nitrogens is 1. The van der Waals surface area contributed by atoms with Crippen LogP contribution in [-0.2, 0) is 16.0 Å². The summed E-state index contributed by atoms with van der Waals surface area (Å²) >= 11 is 0. The van der Waals surface area contributed by atoms with Crippen molar-refractivity contribution < 1.29 is 13.9 Å². The van der Waals surface area contributed by atoms with Crippen LogP contribution in [0.4, 0.5) is 4.39 Å². The molecule has 0 amide bonds. The second-order valence-corrected chi connectivity index (χ2v) is 5.65. The average molecular weight is 339 g/mol. The normalized spacial score (nSPS) is 12.1. The summed E-state index contributed by atoms with van der Waals surface area (Å²) in [6.07, 6.45) is -0.0840. The smallest absolute Gasteiger partial charge is 0.322 e. The van der Waals surface area contributed by atoms with E-state index in [0.29, 0.717) is 21.9 Å². The number of aromatic amines is 1. The minimum atomic E-state index is -1.02. The molecule has 0 aliphatic carbocycles. The van der Waals surface area contributed by atoms with E-state index in [1.165, 1.54) is 25.3 Å². The van der Waals surface area contributed by atoms with Gasteiger partial charge in [-0.3, -0.25) is 9.59 Å². The number of rotatable bonds is 3. The summed E-state index contributed by atoms with van der Waals surface area (Å²) in [6, 6.07) is 8.40. The first kappa shape index (κ1) is 16.6. The van der Waals surface area contributed by atoms with Crippen molar-refractivity contribution in [3.05, 3.63) is 57.6 Å². The molecular weight excluding hydrogens is 325 g/mol. The Morgan fingerprint density at radius 3 is 2.76 bits per heavy atom. The number of nitriles is 1. The number of nitrogens with two attached hydrogens (primary N) is 1. The van der Waals surface area contributed by atoms with Crippen LogP contribution >= 0.6 is 0 Å². The Bertz CT molecular complexity index is 1100. The molecule has 0 spiro atoms. The van der Waals surface area contributed by atoms with Crippen molar-refractivity contribution in [3.63, 3.8) is 0 Å². The van der Waals surface area contributed by atoms with Gasteiger partial charge in [-0.15, -0.1) is 0 Å². The third kappa shape index (κ3) is 2.95. The van der Waals surface area contributed by atoms with Gasteiger partial charge in [0, 0.05) is 17.2 Å². The number of nitrogens with one attached hydrogen (secondary N) is 1. The molecule has 25 heavy (non-hydrogen) atoms. The summed E-state index contributed by atoms with van der Waals surface area (Å²) in [4.78, 5) is 26.5. The van der Waals surface area contributed by atoms with Crippen molar-refractivity contribution in [1.29, 1.82) is 5.26 Å². The number of carbonyl (C=O) groups is 1. The van der Waals surface area contributed by atoms with E-state index >= 15 is 0 Å². The van der Waals surface area contributed by atoms with Crippen molar-refractivity contribution in [2.75, 3.05) is 7.11 Å². The van der Waals surface area contributed by atoms with Crippen molar-refractivity contribution in [1.82, 2.24) is 4.98 Å². The molecule has 1 heterocycles. The van der Waals surface area contributed by atoms with Crippen LogP contribution in [0.25, 0.3) is 21.7 Å². The Hall–Kier alpha value is -3.24. The lowest BCUT2D eigenvalue weighted by atomic mass is 9.99. The molecule has 0 saturated heterocycles. The van der Waals surface area contributed by atoms with Crippen molar-refractivity contribution in [2.24, 2.45) is 5.73 Å². The van der Waals surface area contributed by atoms with Gasteiger partial charge >= 0.3 is 5.97 Å². The lowest BCUT2D eigenvalue weighted by Gasteiger charge is -2.12. The highest BCUT2D eigenvalue weighted by Gasteiger charge is 2.18. The molecule has 3 N–H and O–H groups in total. The molecular formula is C18H14FN3O3. The standard InChI is InChI=1S/C18H14FN3O3/c1-25-18(24)15(21)6-10-5-13-12(7-14(10)19)11-3-2-9(8-20)4-16(11)22-17(13)23/h2-5,7,15H,6,21H2,1H3,(H,22,23). The summed E-state index contributed by atoms with van der Waals surface area (Å²) in [5, 5.41) is 10.3. The van der Waals surface area contributed by atoms with E-state index < -0.39 is 23.4 Å². The molecule has 0 aliphatic heterocycles. The van der Waals surface area contributed by atoms with E-state index in [9.17, 15) is 14.0 Å². The lowest BCUT2D eigenvalue weighted by Crippen LogP contribution is -2.34. The highest BCUT2D eigenvalue weighted by Crippen LogP contribution is 2.25. The Kier molecular flexibility index (Phi) is 4.21. The highest BCUT2D eigenvalue weighted by atomic mass is 19.1. The number of carbonyl (C=O) groups excluding carboxylic acids is 1. The molecule has 2 aromatic carbocycles. The van der Waals surface area contributed by atoms with E-state index in [1.807, 2.05) is 6.07 Å². The maximum atomic E-state index is 14.5. The highest BCUT2D eigenvalue weighted by molar-refractivity contribution is 6.05. The summed E-state index contributed by atoms with van der Waals surface area (Å²) in [5.74, 6) is -1.22. The van der Waals surface area contributed by atoms with Crippen LogP contribution in [0.3, 0.4) is 0 Å². The number of hydrogen-bond donors (Lipinski definition) is 2. The molecule has 126 valence electrons.